The first-order chi connectivity index (χ1) is 16.6. The van der Waals surface area contributed by atoms with Crippen molar-refractivity contribution < 1.29 is 29.0 Å². The molecule has 192 valence electrons. The summed E-state index contributed by atoms with van der Waals surface area (Å²) in [5.41, 5.74) is -0.996. The predicted octanol–water partition coefficient (Wildman–Crippen LogP) is 2.08. The number of benzene rings is 1. The fraction of sp³-hybridized carbons (Fsp3) is 0.654. The first kappa shape index (κ1) is 25.4. The maximum absolute atomic E-state index is 13.9. The van der Waals surface area contributed by atoms with Crippen LogP contribution < -0.4 is 15.4 Å². The van der Waals surface area contributed by atoms with Crippen LogP contribution in [0.25, 0.3) is 0 Å². The monoisotopic (exact) mass is 487 g/mol. The molecule has 1 spiro atoms. The lowest BCUT2D eigenvalue weighted by Gasteiger charge is -2.38. The number of anilines is 1. The van der Waals surface area contributed by atoms with E-state index in [2.05, 4.69) is 10.6 Å². The van der Waals surface area contributed by atoms with Crippen molar-refractivity contribution in [3.8, 4) is 5.75 Å². The van der Waals surface area contributed by atoms with Crippen molar-refractivity contribution in [2.75, 3.05) is 18.5 Å². The van der Waals surface area contributed by atoms with E-state index in [1.165, 1.54) is 4.90 Å². The molecule has 3 saturated heterocycles. The summed E-state index contributed by atoms with van der Waals surface area (Å²) in [4.78, 5) is 42.4. The molecule has 3 aliphatic heterocycles. The second kappa shape index (κ2) is 9.43. The molecule has 0 aromatic heterocycles. The SMILES string of the molecule is CCOc1ccc(NC(=O)[C@@H]2[C@@H]3CCC4(O3)C(C(=O)NC(C)(C)C)N([C@@H](CC)CO)C(=O)[C@H]24)cc1. The van der Waals surface area contributed by atoms with Crippen LogP contribution in [-0.4, -0.2) is 70.3 Å². The van der Waals surface area contributed by atoms with Crippen LogP contribution in [0.4, 0.5) is 5.69 Å². The molecule has 9 heteroatoms. The standard InChI is InChI=1S/C26H37N3O6/c1-6-16(14-30)29-21(23(32)28-25(3,4)5)26-13-12-18(35-26)19(20(26)24(29)33)22(31)27-15-8-10-17(11-9-15)34-7-2/h8-11,16,18-21,30H,6-7,12-14H2,1-5H3,(H,27,31)(H,28,32)/t16-,18-,19+,20-,21?,26?/m0/s1. The Balaban J connectivity index is 1.65. The number of fused-ring (bicyclic) bond motifs is 1. The Morgan fingerprint density at radius 3 is 2.49 bits per heavy atom. The molecule has 2 bridgehead atoms. The summed E-state index contributed by atoms with van der Waals surface area (Å²) in [7, 11) is 0. The van der Waals surface area contributed by atoms with Crippen molar-refractivity contribution in [2.24, 2.45) is 11.8 Å². The molecule has 0 radical (unpaired) electrons. The summed E-state index contributed by atoms with van der Waals surface area (Å²) in [6.07, 6.45) is 1.15. The number of carbonyl (C=O) groups excluding carboxylic acids is 3. The second-order valence-corrected chi connectivity index (χ2v) is 10.7. The lowest BCUT2D eigenvalue weighted by atomic mass is 9.70. The molecule has 1 aromatic carbocycles. The van der Waals surface area contributed by atoms with Crippen molar-refractivity contribution in [1.82, 2.24) is 10.2 Å². The van der Waals surface area contributed by atoms with Crippen molar-refractivity contribution >= 4 is 23.4 Å². The van der Waals surface area contributed by atoms with Crippen LogP contribution in [0, 0.1) is 11.8 Å². The van der Waals surface area contributed by atoms with E-state index in [1.807, 2.05) is 34.6 Å². The maximum atomic E-state index is 13.9. The van der Waals surface area contributed by atoms with E-state index in [1.54, 1.807) is 24.3 Å². The van der Waals surface area contributed by atoms with E-state index in [0.29, 0.717) is 37.3 Å². The summed E-state index contributed by atoms with van der Waals surface area (Å²) in [6.45, 7) is 9.69. The molecule has 6 atom stereocenters. The number of nitrogens with zero attached hydrogens (tertiary/aromatic N) is 1. The largest absolute Gasteiger partial charge is 0.494 e. The molecule has 0 aliphatic carbocycles. The van der Waals surface area contributed by atoms with E-state index in [-0.39, 0.29) is 24.3 Å². The Morgan fingerprint density at radius 2 is 1.91 bits per heavy atom. The van der Waals surface area contributed by atoms with Gasteiger partial charge >= 0.3 is 0 Å². The lowest BCUT2D eigenvalue weighted by molar-refractivity contribution is -0.145. The van der Waals surface area contributed by atoms with Gasteiger partial charge in [-0.3, -0.25) is 14.4 Å². The number of ether oxygens (including phenoxy) is 2. The zero-order valence-electron chi connectivity index (χ0n) is 21.2. The van der Waals surface area contributed by atoms with Crippen LogP contribution in [0.5, 0.6) is 5.75 Å². The van der Waals surface area contributed by atoms with E-state index in [4.69, 9.17) is 9.47 Å². The van der Waals surface area contributed by atoms with Crippen molar-refractivity contribution in [1.29, 1.82) is 0 Å². The van der Waals surface area contributed by atoms with Gasteiger partial charge in [0, 0.05) is 11.2 Å². The van der Waals surface area contributed by atoms with Crippen molar-refractivity contribution in [2.45, 2.75) is 83.2 Å². The molecular weight excluding hydrogens is 450 g/mol. The average molecular weight is 488 g/mol. The summed E-state index contributed by atoms with van der Waals surface area (Å²) in [5.74, 6) is -1.69. The van der Waals surface area contributed by atoms with Crippen LogP contribution >= 0.6 is 0 Å². The summed E-state index contributed by atoms with van der Waals surface area (Å²) in [6, 6.07) is 5.64. The highest BCUT2D eigenvalue weighted by molar-refractivity contribution is 6.02. The van der Waals surface area contributed by atoms with Crippen LogP contribution in [0.15, 0.2) is 24.3 Å². The fourth-order valence-corrected chi connectivity index (χ4v) is 5.96. The molecule has 3 fully saturated rings. The number of carbonyl (C=O) groups is 3. The number of aliphatic hydroxyl groups excluding tert-OH is 1. The minimum Gasteiger partial charge on any atom is -0.494 e. The van der Waals surface area contributed by atoms with E-state index < -0.39 is 41.2 Å². The van der Waals surface area contributed by atoms with Crippen LogP contribution in [0.2, 0.25) is 0 Å². The molecule has 0 saturated carbocycles. The van der Waals surface area contributed by atoms with Gasteiger partial charge in [0.25, 0.3) is 0 Å². The van der Waals surface area contributed by atoms with Crippen LogP contribution in [-0.2, 0) is 19.1 Å². The third-order valence-electron chi connectivity index (χ3n) is 7.30. The molecule has 3 N–H and O–H groups in total. The minimum absolute atomic E-state index is 0.267. The lowest BCUT2D eigenvalue weighted by Crippen LogP contribution is -2.60. The predicted molar refractivity (Wildman–Crippen MR) is 130 cm³/mol. The first-order valence-corrected chi connectivity index (χ1v) is 12.5. The van der Waals surface area contributed by atoms with Gasteiger partial charge in [0.1, 0.15) is 17.4 Å². The van der Waals surface area contributed by atoms with E-state index in [9.17, 15) is 19.5 Å². The van der Waals surface area contributed by atoms with Crippen LogP contribution in [0.3, 0.4) is 0 Å². The zero-order chi connectivity index (χ0) is 25.5. The molecule has 3 amide bonds. The molecule has 1 aromatic rings. The van der Waals surface area contributed by atoms with Gasteiger partial charge < -0.3 is 30.1 Å². The smallest absolute Gasteiger partial charge is 0.246 e. The zero-order valence-corrected chi connectivity index (χ0v) is 21.2. The summed E-state index contributed by atoms with van der Waals surface area (Å²) < 4.78 is 11.9. The maximum Gasteiger partial charge on any atom is 0.246 e. The van der Waals surface area contributed by atoms with Gasteiger partial charge in [-0.25, -0.2) is 0 Å². The highest BCUT2D eigenvalue weighted by atomic mass is 16.5. The first-order valence-electron chi connectivity index (χ1n) is 12.5. The topological polar surface area (TPSA) is 117 Å². The Hall–Kier alpha value is -2.65. The second-order valence-electron chi connectivity index (χ2n) is 10.7. The van der Waals surface area contributed by atoms with Gasteiger partial charge in [-0.1, -0.05) is 6.92 Å². The molecule has 3 heterocycles. The summed E-state index contributed by atoms with van der Waals surface area (Å²) in [5, 5.41) is 16.0. The number of rotatable bonds is 8. The molecule has 9 nitrogen and oxygen atoms in total. The van der Waals surface area contributed by atoms with Gasteiger partial charge in [0.05, 0.1) is 37.2 Å². The van der Waals surface area contributed by atoms with Gasteiger partial charge in [-0.2, -0.15) is 0 Å². The number of hydrogen-bond acceptors (Lipinski definition) is 6. The quantitative estimate of drug-likeness (QED) is 0.517. The Kier molecular flexibility index (Phi) is 6.85. The van der Waals surface area contributed by atoms with Crippen molar-refractivity contribution in [3.63, 3.8) is 0 Å². The third-order valence-corrected chi connectivity index (χ3v) is 7.30. The number of amides is 3. The van der Waals surface area contributed by atoms with E-state index >= 15 is 0 Å². The number of hydrogen-bond donors (Lipinski definition) is 3. The number of likely N-dealkylation sites (tertiary alicyclic amines) is 1. The molecule has 4 rings (SSSR count). The summed E-state index contributed by atoms with van der Waals surface area (Å²) >= 11 is 0. The van der Waals surface area contributed by atoms with Crippen LogP contribution in [0.1, 0.15) is 53.9 Å². The molecule has 2 unspecified atom stereocenters. The van der Waals surface area contributed by atoms with Gasteiger partial charge in [-0.15, -0.1) is 0 Å². The Morgan fingerprint density at radius 1 is 1.23 bits per heavy atom. The van der Waals surface area contributed by atoms with Gasteiger partial charge in [-0.05, 0) is 71.2 Å². The third kappa shape index (κ3) is 4.40. The normalized spacial score (nSPS) is 30.2. The molecular formula is C26H37N3O6. The Labute approximate surface area is 206 Å². The number of nitrogens with one attached hydrogen (secondary N) is 2. The number of aliphatic hydroxyl groups is 1. The highest BCUT2D eigenvalue weighted by Gasteiger charge is 2.75. The van der Waals surface area contributed by atoms with Gasteiger partial charge in [0.2, 0.25) is 17.7 Å². The fourth-order valence-electron chi connectivity index (χ4n) is 5.96. The molecule has 35 heavy (non-hydrogen) atoms. The highest BCUT2D eigenvalue weighted by Crippen LogP contribution is 2.59. The van der Waals surface area contributed by atoms with Crippen molar-refractivity contribution in [3.05, 3.63) is 24.3 Å². The Bertz CT molecular complexity index is 970. The minimum atomic E-state index is -1.08. The molecule has 3 aliphatic rings. The average Bonchev–Trinajstić information content (AvgIpc) is 3.43. The van der Waals surface area contributed by atoms with E-state index in [0.717, 1.165) is 0 Å². The van der Waals surface area contributed by atoms with Gasteiger partial charge in [0.15, 0.2) is 0 Å².